The van der Waals surface area contributed by atoms with Gasteiger partial charge in [0.1, 0.15) is 0 Å². The van der Waals surface area contributed by atoms with Crippen LogP contribution in [0.25, 0.3) is 11.5 Å². The number of pyridine rings is 1. The van der Waals surface area contributed by atoms with Crippen LogP contribution in [0.5, 0.6) is 0 Å². The van der Waals surface area contributed by atoms with E-state index in [1.54, 1.807) is 24.2 Å². The molecule has 0 spiro atoms. The number of amides is 1. The minimum Gasteiger partial charge on any atom is -0.411 e. The van der Waals surface area contributed by atoms with E-state index in [4.69, 9.17) is 4.42 Å². The van der Waals surface area contributed by atoms with Gasteiger partial charge in [-0.05, 0) is 29.8 Å². The molecule has 0 bridgehead atoms. The molecule has 0 saturated heterocycles. The van der Waals surface area contributed by atoms with Crippen LogP contribution in [0.1, 0.15) is 11.6 Å². The molecule has 154 valence electrons. The minimum absolute atomic E-state index is 0.00716. The largest absolute Gasteiger partial charge is 0.411 e. The summed E-state index contributed by atoms with van der Waals surface area (Å²) in [6, 6.07) is 21.8. The van der Waals surface area contributed by atoms with Crippen molar-refractivity contribution in [3.63, 3.8) is 0 Å². The van der Waals surface area contributed by atoms with Crippen LogP contribution in [0.2, 0.25) is 0 Å². The highest BCUT2D eigenvalue weighted by molar-refractivity contribution is 8.00. The first-order chi connectivity index (χ1) is 15.3. The molecule has 0 fully saturated rings. The molecule has 1 amide bonds. The molecule has 8 heteroatoms. The highest BCUT2D eigenvalue weighted by Crippen LogP contribution is 2.43. The summed E-state index contributed by atoms with van der Waals surface area (Å²) in [6.45, 7) is 0. The first kappa shape index (κ1) is 19.8. The Hall–Kier alpha value is -3.10. The summed E-state index contributed by atoms with van der Waals surface area (Å²) in [5.41, 5.74) is 2.82. The van der Waals surface area contributed by atoms with Gasteiger partial charge in [0.2, 0.25) is 11.8 Å². The number of aromatic nitrogens is 3. The van der Waals surface area contributed by atoms with Crippen LogP contribution in [0.4, 0.5) is 5.69 Å². The molecule has 5 rings (SSSR count). The summed E-state index contributed by atoms with van der Waals surface area (Å²) in [6.07, 6.45) is 3.35. The molecule has 1 aliphatic rings. The first-order valence-electron chi connectivity index (χ1n) is 9.75. The van der Waals surface area contributed by atoms with Crippen molar-refractivity contribution < 1.29 is 9.21 Å². The van der Waals surface area contributed by atoms with Crippen molar-refractivity contribution in [1.29, 1.82) is 0 Å². The Bertz CT molecular complexity index is 1180. The zero-order valence-electron chi connectivity index (χ0n) is 16.4. The molecule has 0 unspecified atom stereocenters. The molecule has 0 aliphatic carbocycles. The molecule has 4 aromatic rings. The predicted molar refractivity (Wildman–Crippen MR) is 122 cm³/mol. The number of hydrogen-bond donors (Lipinski definition) is 0. The monoisotopic (exact) mass is 446 g/mol. The molecule has 2 aromatic heterocycles. The Morgan fingerprint density at radius 1 is 1.06 bits per heavy atom. The lowest BCUT2D eigenvalue weighted by Gasteiger charge is -2.37. The Morgan fingerprint density at radius 3 is 2.74 bits per heavy atom. The molecular formula is C23H18N4O2S2. The van der Waals surface area contributed by atoms with Gasteiger partial charge in [0.15, 0.2) is 0 Å². The van der Waals surface area contributed by atoms with Gasteiger partial charge in [-0.2, -0.15) is 0 Å². The summed E-state index contributed by atoms with van der Waals surface area (Å²) in [4.78, 5) is 20.5. The van der Waals surface area contributed by atoms with E-state index >= 15 is 0 Å². The number of hydrogen-bond acceptors (Lipinski definition) is 7. The Labute approximate surface area is 188 Å². The third-order valence-electron chi connectivity index (χ3n) is 4.92. The van der Waals surface area contributed by atoms with Gasteiger partial charge in [0.05, 0.1) is 23.0 Å². The molecule has 0 N–H and O–H groups in total. The number of anilines is 1. The topological polar surface area (TPSA) is 72.1 Å². The second kappa shape index (κ2) is 8.95. The molecule has 0 saturated carbocycles. The van der Waals surface area contributed by atoms with Crippen LogP contribution in [-0.4, -0.2) is 32.6 Å². The minimum atomic E-state index is -0.0251. The van der Waals surface area contributed by atoms with Crippen LogP contribution in [-0.2, 0) is 4.79 Å². The molecule has 6 nitrogen and oxygen atoms in total. The van der Waals surface area contributed by atoms with Crippen molar-refractivity contribution in [3.8, 4) is 11.5 Å². The maximum Gasteiger partial charge on any atom is 0.277 e. The van der Waals surface area contributed by atoms with Crippen molar-refractivity contribution >= 4 is 35.1 Å². The third kappa shape index (κ3) is 4.22. The molecule has 1 aliphatic heterocycles. The van der Waals surface area contributed by atoms with E-state index in [9.17, 15) is 4.79 Å². The molecule has 2 aromatic carbocycles. The maximum atomic E-state index is 13.4. The van der Waals surface area contributed by atoms with Crippen molar-refractivity contribution in [3.05, 3.63) is 84.7 Å². The average Bonchev–Trinajstić information content (AvgIpc) is 3.32. The zero-order valence-corrected chi connectivity index (χ0v) is 18.1. The Kier molecular flexibility index (Phi) is 5.73. The number of thioether (sulfide) groups is 2. The Balaban J connectivity index is 1.37. The van der Waals surface area contributed by atoms with Gasteiger partial charge < -0.3 is 9.32 Å². The second-order valence-corrected chi connectivity index (χ2v) is 8.86. The number of benzene rings is 2. The lowest BCUT2D eigenvalue weighted by atomic mass is 10.1. The highest BCUT2D eigenvalue weighted by Gasteiger charge is 2.32. The van der Waals surface area contributed by atoms with Crippen LogP contribution >= 0.6 is 23.5 Å². The number of para-hydroxylation sites is 1. The van der Waals surface area contributed by atoms with E-state index < -0.39 is 0 Å². The lowest BCUT2D eigenvalue weighted by Crippen LogP contribution is -2.39. The summed E-state index contributed by atoms with van der Waals surface area (Å²) < 4.78 is 5.71. The van der Waals surface area contributed by atoms with Crippen molar-refractivity contribution in [1.82, 2.24) is 15.2 Å². The fourth-order valence-electron chi connectivity index (χ4n) is 3.49. The van der Waals surface area contributed by atoms with Crippen LogP contribution in [0.3, 0.4) is 0 Å². The predicted octanol–water partition coefficient (Wildman–Crippen LogP) is 5.10. The summed E-state index contributed by atoms with van der Waals surface area (Å²) in [7, 11) is 0. The Morgan fingerprint density at radius 2 is 1.90 bits per heavy atom. The molecular weight excluding hydrogens is 428 g/mol. The van der Waals surface area contributed by atoms with Gasteiger partial charge >= 0.3 is 0 Å². The first-order valence-corrected chi connectivity index (χ1v) is 11.7. The quantitative estimate of drug-likeness (QED) is 0.395. The average molecular weight is 447 g/mol. The van der Waals surface area contributed by atoms with E-state index in [-0.39, 0.29) is 17.7 Å². The van der Waals surface area contributed by atoms with Gasteiger partial charge in [-0.3, -0.25) is 9.78 Å². The molecule has 1 atom stereocenters. The molecule has 0 radical (unpaired) electrons. The zero-order chi connectivity index (χ0) is 21.0. The van der Waals surface area contributed by atoms with Gasteiger partial charge in [-0.1, -0.05) is 54.2 Å². The number of fused-ring (bicyclic) bond motifs is 1. The highest BCUT2D eigenvalue weighted by atomic mass is 32.2. The molecule has 31 heavy (non-hydrogen) atoms. The normalized spacial score (nSPS) is 15.5. The van der Waals surface area contributed by atoms with Crippen molar-refractivity contribution in [2.45, 2.75) is 16.2 Å². The van der Waals surface area contributed by atoms with E-state index in [1.165, 1.54) is 11.8 Å². The van der Waals surface area contributed by atoms with Crippen LogP contribution < -0.4 is 4.90 Å². The standard InChI is InChI=1S/C23H18N4O2S2/c28-21(15-31-23-26-25-22(29-23)17-9-6-12-24-13-17)27-18-10-4-5-11-20(18)30-14-19(27)16-7-2-1-3-8-16/h1-13,19H,14-15H2/t19-/m1/s1. The molecule has 3 heterocycles. The summed E-state index contributed by atoms with van der Waals surface area (Å²) in [5, 5.41) is 8.51. The maximum absolute atomic E-state index is 13.4. The van der Waals surface area contributed by atoms with Gasteiger partial charge in [0, 0.05) is 23.0 Å². The summed E-state index contributed by atoms with van der Waals surface area (Å²) in [5.74, 6) is 1.41. The van der Waals surface area contributed by atoms with E-state index in [1.807, 2.05) is 53.4 Å². The number of carbonyl (C=O) groups is 1. The number of rotatable bonds is 5. The SMILES string of the molecule is O=C(CSc1nnc(-c2cccnc2)o1)N1c2ccccc2SC[C@@H]1c1ccccc1. The van der Waals surface area contributed by atoms with E-state index in [2.05, 4.69) is 33.4 Å². The van der Waals surface area contributed by atoms with Crippen molar-refractivity contribution in [2.24, 2.45) is 0 Å². The van der Waals surface area contributed by atoms with E-state index in [0.29, 0.717) is 11.1 Å². The van der Waals surface area contributed by atoms with E-state index in [0.717, 1.165) is 27.5 Å². The third-order valence-corrected chi connectivity index (χ3v) is 6.86. The summed E-state index contributed by atoms with van der Waals surface area (Å²) >= 11 is 3.03. The van der Waals surface area contributed by atoms with Crippen molar-refractivity contribution in [2.75, 3.05) is 16.4 Å². The fourth-order valence-corrected chi connectivity index (χ4v) is 5.28. The van der Waals surface area contributed by atoms with Crippen LogP contribution in [0.15, 0.2) is 93.7 Å². The smallest absolute Gasteiger partial charge is 0.277 e. The lowest BCUT2D eigenvalue weighted by molar-refractivity contribution is -0.116. The number of nitrogens with zero attached hydrogens (tertiary/aromatic N) is 4. The van der Waals surface area contributed by atoms with Gasteiger partial charge in [-0.15, -0.1) is 22.0 Å². The van der Waals surface area contributed by atoms with Crippen LogP contribution in [0, 0.1) is 0 Å². The van der Waals surface area contributed by atoms with Gasteiger partial charge in [-0.25, -0.2) is 0 Å². The van der Waals surface area contributed by atoms with Gasteiger partial charge in [0.25, 0.3) is 5.22 Å². The second-order valence-electron chi connectivity index (χ2n) is 6.87. The fraction of sp³-hybridized carbons (Fsp3) is 0.130. The number of carbonyl (C=O) groups excluding carboxylic acids is 1.